The quantitative estimate of drug-likeness (QED) is 0.357. The van der Waals surface area contributed by atoms with Gasteiger partial charge in [-0.15, -0.1) is 0 Å². The molecule has 0 radical (unpaired) electrons. The molecule has 1 aromatic carbocycles. The Labute approximate surface area is 131 Å². The molecule has 0 unspecified atom stereocenters. The van der Waals surface area contributed by atoms with Crippen molar-refractivity contribution in [3.05, 3.63) is 40.9 Å². The van der Waals surface area contributed by atoms with E-state index < -0.39 is 35.6 Å². The van der Waals surface area contributed by atoms with E-state index in [-0.39, 0.29) is 11.1 Å². The zero-order chi connectivity index (χ0) is 17.1. The minimum atomic E-state index is -1.08. The predicted molar refractivity (Wildman–Crippen MR) is 78.7 cm³/mol. The fourth-order valence-corrected chi connectivity index (χ4v) is 2.25. The van der Waals surface area contributed by atoms with Gasteiger partial charge in [-0.2, -0.15) is 4.79 Å². The molecule has 3 amide bonds. The fourth-order valence-electron chi connectivity index (χ4n) is 2.25. The summed E-state index contributed by atoms with van der Waals surface area (Å²) in [7, 11) is 0. The third-order valence-electron chi connectivity index (χ3n) is 3.56. The van der Waals surface area contributed by atoms with Crippen LogP contribution in [0.1, 0.15) is 34.6 Å². The standard InChI is InChI=1S/C15H14N4O4/c1-8(12(20)7-17-16)18-13(21)9(2)19-14(22)10-5-3-4-6-11(10)15(19)23/h3-9H,1-2H3,(H,18,21)/t8-,9+/m0/s1. The van der Waals surface area contributed by atoms with E-state index in [0.29, 0.717) is 6.21 Å². The Hall–Kier alpha value is -3.12. The number of hydrogen-bond acceptors (Lipinski definition) is 4. The van der Waals surface area contributed by atoms with Gasteiger partial charge in [0.2, 0.25) is 5.91 Å². The second kappa shape index (κ2) is 6.33. The van der Waals surface area contributed by atoms with Crippen LogP contribution in [0, 0.1) is 0 Å². The maximum absolute atomic E-state index is 12.3. The Morgan fingerprint density at radius 3 is 2.17 bits per heavy atom. The third kappa shape index (κ3) is 2.93. The van der Waals surface area contributed by atoms with Crippen molar-refractivity contribution in [2.24, 2.45) is 0 Å². The number of Topliss-reactive ketones (excluding diaryl/α,β-unsaturated/α-hetero) is 1. The summed E-state index contributed by atoms with van der Waals surface area (Å²) < 4.78 is 0. The van der Waals surface area contributed by atoms with Crippen molar-refractivity contribution in [2.45, 2.75) is 25.9 Å². The van der Waals surface area contributed by atoms with Crippen molar-refractivity contribution < 1.29 is 24.0 Å². The first-order valence-corrected chi connectivity index (χ1v) is 6.87. The minimum Gasteiger partial charge on any atom is -0.361 e. The number of carbonyl (C=O) groups excluding carboxylic acids is 4. The predicted octanol–water partition coefficient (Wildman–Crippen LogP) is 0.0455. The number of carbonyl (C=O) groups is 4. The molecule has 1 aromatic rings. The van der Waals surface area contributed by atoms with Crippen molar-refractivity contribution in [1.29, 1.82) is 0 Å². The number of amides is 3. The highest BCUT2D eigenvalue weighted by molar-refractivity contribution is 6.28. The van der Waals surface area contributed by atoms with Crippen LogP contribution >= 0.6 is 0 Å². The zero-order valence-electron chi connectivity index (χ0n) is 12.5. The molecular weight excluding hydrogens is 300 g/mol. The molecule has 0 aliphatic carbocycles. The van der Waals surface area contributed by atoms with Gasteiger partial charge in [0, 0.05) is 0 Å². The molecule has 0 aromatic heterocycles. The van der Waals surface area contributed by atoms with Crippen LogP contribution in [0.5, 0.6) is 0 Å². The summed E-state index contributed by atoms with van der Waals surface area (Å²) in [5.74, 6) is -2.38. The maximum atomic E-state index is 12.3. The van der Waals surface area contributed by atoms with E-state index in [1.165, 1.54) is 26.0 Å². The Balaban J connectivity index is 2.15. The molecule has 0 bridgehead atoms. The normalized spacial score (nSPS) is 15.5. The average molecular weight is 314 g/mol. The van der Waals surface area contributed by atoms with Crippen molar-refractivity contribution in [2.75, 3.05) is 0 Å². The van der Waals surface area contributed by atoms with E-state index in [1.807, 2.05) is 0 Å². The number of benzene rings is 1. The van der Waals surface area contributed by atoms with Gasteiger partial charge in [0.25, 0.3) is 17.6 Å². The van der Waals surface area contributed by atoms with Gasteiger partial charge in [0.15, 0.2) is 0 Å². The van der Waals surface area contributed by atoms with Crippen LogP contribution in [0.25, 0.3) is 5.53 Å². The van der Waals surface area contributed by atoms with Crippen molar-refractivity contribution in [3.8, 4) is 0 Å². The second-order valence-corrected chi connectivity index (χ2v) is 5.08. The van der Waals surface area contributed by atoms with E-state index in [2.05, 4.69) is 10.1 Å². The average Bonchev–Trinajstić information content (AvgIpc) is 2.78. The lowest BCUT2D eigenvalue weighted by molar-refractivity contribution is -0.128. The van der Waals surface area contributed by atoms with E-state index in [4.69, 9.17) is 5.53 Å². The van der Waals surface area contributed by atoms with Crippen molar-refractivity contribution in [3.63, 3.8) is 0 Å². The second-order valence-electron chi connectivity index (χ2n) is 5.08. The fraction of sp³-hybridized carbons (Fsp3) is 0.267. The first-order valence-electron chi connectivity index (χ1n) is 6.87. The molecule has 1 heterocycles. The molecule has 0 saturated heterocycles. The molecule has 0 fully saturated rings. The molecule has 2 atom stereocenters. The van der Waals surface area contributed by atoms with Gasteiger partial charge in [-0.05, 0) is 26.0 Å². The van der Waals surface area contributed by atoms with E-state index in [9.17, 15) is 19.2 Å². The Morgan fingerprint density at radius 1 is 1.17 bits per heavy atom. The molecular formula is C15H14N4O4. The van der Waals surface area contributed by atoms with Gasteiger partial charge in [-0.3, -0.25) is 24.1 Å². The number of ketones is 1. The number of fused-ring (bicyclic) bond motifs is 1. The van der Waals surface area contributed by atoms with Crippen LogP contribution in [-0.4, -0.2) is 51.5 Å². The van der Waals surface area contributed by atoms with Crippen LogP contribution in [0.4, 0.5) is 0 Å². The molecule has 8 heteroatoms. The molecule has 1 aliphatic rings. The lowest BCUT2D eigenvalue weighted by atomic mass is 10.1. The summed E-state index contributed by atoms with van der Waals surface area (Å²) >= 11 is 0. The summed E-state index contributed by atoms with van der Waals surface area (Å²) in [5, 5.41) is 2.37. The van der Waals surface area contributed by atoms with Crippen LogP contribution < -0.4 is 5.32 Å². The van der Waals surface area contributed by atoms with Crippen LogP contribution in [0.15, 0.2) is 24.3 Å². The summed E-state index contributed by atoms with van der Waals surface area (Å²) in [6.45, 7) is 2.80. The molecule has 2 rings (SSSR count). The minimum absolute atomic E-state index is 0.244. The van der Waals surface area contributed by atoms with Crippen molar-refractivity contribution in [1.82, 2.24) is 10.2 Å². The maximum Gasteiger partial charge on any atom is 0.325 e. The SMILES string of the molecule is C[C@H](NC(=O)[C@@H](C)N1C(=O)c2ccccc2C1=O)C(=O)C=[N+]=[N-]. The smallest absolute Gasteiger partial charge is 0.325 e. The first kappa shape index (κ1) is 16.3. The van der Waals surface area contributed by atoms with Crippen LogP contribution in [0.3, 0.4) is 0 Å². The Kier molecular flexibility index (Phi) is 4.47. The van der Waals surface area contributed by atoms with Crippen LogP contribution in [-0.2, 0) is 9.59 Å². The topological polar surface area (TPSA) is 120 Å². The number of hydrogen-bond donors (Lipinski definition) is 1. The lowest BCUT2D eigenvalue weighted by Crippen LogP contribution is -2.51. The lowest BCUT2D eigenvalue weighted by Gasteiger charge is -2.22. The summed E-state index contributed by atoms with van der Waals surface area (Å²) in [6, 6.07) is 4.27. The third-order valence-corrected chi connectivity index (χ3v) is 3.56. The molecule has 0 saturated carbocycles. The van der Waals surface area contributed by atoms with Gasteiger partial charge >= 0.3 is 6.21 Å². The molecule has 1 N–H and O–H groups in total. The monoisotopic (exact) mass is 314 g/mol. The molecule has 23 heavy (non-hydrogen) atoms. The highest BCUT2D eigenvalue weighted by Gasteiger charge is 2.40. The van der Waals surface area contributed by atoms with E-state index >= 15 is 0 Å². The molecule has 118 valence electrons. The van der Waals surface area contributed by atoms with E-state index in [0.717, 1.165) is 4.90 Å². The van der Waals surface area contributed by atoms with Gasteiger partial charge in [0.05, 0.1) is 17.2 Å². The Morgan fingerprint density at radius 2 is 1.70 bits per heavy atom. The van der Waals surface area contributed by atoms with Gasteiger partial charge in [-0.25, -0.2) is 0 Å². The first-order chi connectivity index (χ1) is 10.9. The van der Waals surface area contributed by atoms with Gasteiger partial charge < -0.3 is 10.8 Å². The highest BCUT2D eigenvalue weighted by Crippen LogP contribution is 2.24. The van der Waals surface area contributed by atoms with Crippen molar-refractivity contribution >= 4 is 29.7 Å². The number of nitrogens with zero attached hydrogens (tertiary/aromatic N) is 3. The Bertz CT molecular complexity index is 717. The number of imide groups is 1. The zero-order valence-corrected chi connectivity index (χ0v) is 12.5. The molecule has 0 spiro atoms. The van der Waals surface area contributed by atoms with Gasteiger partial charge in [0.1, 0.15) is 6.04 Å². The summed E-state index contributed by atoms with van der Waals surface area (Å²) in [5.41, 5.74) is 8.80. The number of nitrogens with one attached hydrogen (secondary N) is 1. The summed E-state index contributed by atoms with van der Waals surface area (Å²) in [4.78, 5) is 51.6. The summed E-state index contributed by atoms with van der Waals surface area (Å²) in [6.07, 6.45) is 0.664. The van der Waals surface area contributed by atoms with E-state index in [1.54, 1.807) is 12.1 Å². The number of rotatable bonds is 5. The molecule has 8 nitrogen and oxygen atoms in total. The largest absolute Gasteiger partial charge is 0.361 e. The highest BCUT2D eigenvalue weighted by atomic mass is 16.2. The van der Waals surface area contributed by atoms with Gasteiger partial charge in [-0.1, -0.05) is 12.1 Å². The van der Waals surface area contributed by atoms with Crippen LogP contribution in [0.2, 0.25) is 0 Å². The molecule has 1 aliphatic heterocycles.